The molecule has 2 aromatic heterocycles. The number of hydrogen-bond acceptors (Lipinski definition) is 3. The molecule has 2 fully saturated rings. The number of anilines is 1. The Morgan fingerprint density at radius 3 is 3.00 bits per heavy atom. The fourth-order valence-electron chi connectivity index (χ4n) is 3.03. The minimum atomic E-state index is 0.601. The minimum Gasteiger partial charge on any atom is -0.368 e. The lowest BCUT2D eigenvalue weighted by Crippen LogP contribution is -2.18. The second kappa shape index (κ2) is 3.46. The lowest BCUT2D eigenvalue weighted by atomic mass is 10.0. The summed E-state index contributed by atoms with van der Waals surface area (Å²) in [7, 11) is 0. The summed E-state index contributed by atoms with van der Waals surface area (Å²) >= 11 is 0. The number of aromatic nitrogens is 3. The molecule has 0 atom stereocenters. The van der Waals surface area contributed by atoms with Crippen molar-refractivity contribution < 1.29 is 0 Å². The highest BCUT2D eigenvalue weighted by atomic mass is 15.2. The zero-order chi connectivity index (χ0) is 12.2. The first kappa shape index (κ1) is 10.4. The van der Waals surface area contributed by atoms with Gasteiger partial charge in [0, 0.05) is 18.9 Å². The molecule has 0 aromatic carbocycles. The van der Waals surface area contributed by atoms with E-state index in [0.717, 1.165) is 29.5 Å². The van der Waals surface area contributed by atoms with Crippen LogP contribution in [-0.4, -0.2) is 21.1 Å². The summed E-state index contributed by atoms with van der Waals surface area (Å²) in [6.07, 6.45) is 9.38. The van der Waals surface area contributed by atoms with Gasteiger partial charge in [0.05, 0.1) is 5.69 Å². The fraction of sp³-hybridized carbons (Fsp3) is 0.571. The number of rotatable bonds is 4. The summed E-state index contributed by atoms with van der Waals surface area (Å²) in [6, 6.07) is 2.09. The van der Waals surface area contributed by atoms with E-state index in [2.05, 4.69) is 21.5 Å². The van der Waals surface area contributed by atoms with E-state index < -0.39 is 0 Å². The van der Waals surface area contributed by atoms with E-state index in [1.54, 1.807) is 0 Å². The molecule has 4 heteroatoms. The number of fused-ring (bicyclic) bond motifs is 1. The van der Waals surface area contributed by atoms with Gasteiger partial charge >= 0.3 is 0 Å². The molecule has 4 nitrogen and oxygen atoms in total. The van der Waals surface area contributed by atoms with Gasteiger partial charge in [-0.15, -0.1) is 0 Å². The topological polar surface area (TPSA) is 42.2 Å². The Balaban J connectivity index is 1.59. The van der Waals surface area contributed by atoms with Gasteiger partial charge in [-0.2, -0.15) is 5.10 Å². The summed E-state index contributed by atoms with van der Waals surface area (Å²) in [5.41, 5.74) is 2.72. The second-order valence-corrected chi connectivity index (χ2v) is 5.88. The van der Waals surface area contributed by atoms with Gasteiger partial charge in [-0.05, 0) is 50.0 Å². The van der Waals surface area contributed by atoms with E-state index in [0.29, 0.717) is 5.41 Å². The third kappa shape index (κ3) is 1.59. The van der Waals surface area contributed by atoms with Crippen molar-refractivity contribution in [3.8, 4) is 0 Å². The van der Waals surface area contributed by atoms with Crippen molar-refractivity contribution in [2.45, 2.75) is 32.6 Å². The average Bonchev–Trinajstić information content (AvgIpc) is 3.22. The van der Waals surface area contributed by atoms with Crippen molar-refractivity contribution in [2.24, 2.45) is 11.3 Å². The van der Waals surface area contributed by atoms with Crippen LogP contribution >= 0.6 is 0 Å². The third-order valence-corrected chi connectivity index (χ3v) is 4.46. The SMILES string of the molecule is Cc1cc2c(NCC3(C4CC4)CC3)nccn2n1. The average molecular weight is 242 g/mol. The Morgan fingerprint density at radius 2 is 2.28 bits per heavy atom. The highest BCUT2D eigenvalue weighted by molar-refractivity contribution is 5.67. The van der Waals surface area contributed by atoms with Crippen LogP contribution < -0.4 is 5.32 Å². The summed E-state index contributed by atoms with van der Waals surface area (Å²) in [5, 5.41) is 7.97. The molecular formula is C14H18N4. The first-order valence-electron chi connectivity index (χ1n) is 6.82. The van der Waals surface area contributed by atoms with E-state index in [1.165, 1.54) is 25.7 Å². The molecule has 2 heterocycles. The molecule has 18 heavy (non-hydrogen) atoms. The highest BCUT2D eigenvalue weighted by Crippen LogP contribution is 2.61. The Labute approximate surface area is 106 Å². The molecule has 0 unspecified atom stereocenters. The zero-order valence-electron chi connectivity index (χ0n) is 10.7. The smallest absolute Gasteiger partial charge is 0.152 e. The van der Waals surface area contributed by atoms with Gasteiger partial charge in [-0.25, -0.2) is 9.50 Å². The molecule has 2 aliphatic carbocycles. The van der Waals surface area contributed by atoms with Crippen LogP contribution in [0.5, 0.6) is 0 Å². The van der Waals surface area contributed by atoms with E-state index in [9.17, 15) is 0 Å². The van der Waals surface area contributed by atoms with Crippen LogP contribution in [0, 0.1) is 18.3 Å². The number of aryl methyl sites for hydroxylation is 1. The molecule has 0 bridgehead atoms. The van der Waals surface area contributed by atoms with Crippen LogP contribution in [-0.2, 0) is 0 Å². The van der Waals surface area contributed by atoms with Crippen LogP contribution in [0.2, 0.25) is 0 Å². The van der Waals surface area contributed by atoms with Crippen LogP contribution in [0.1, 0.15) is 31.4 Å². The maximum absolute atomic E-state index is 4.46. The maximum atomic E-state index is 4.46. The molecule has 0 radical (unpaired) electrons. The second-order valence-electron chi connectivity index (χ2n) is 5.88. The van der Waals surface area contributed by atoms with Gasteiger partial charge in [0.25, 0.3) is 0 Å². The highest BCUT2D eigenvalue weighted by Gasteiger charge is 2.53. The molecule has 2 aliphatic rings. The van der Waals surface area contributed by atoms with E-state index >= 15 is 0 Å². The number of hydrogen-bond donors (Lipinski definition) is 1. The van der Waals surface area contributed by atoms with Crippen molar-refractivity contribution in [2.75, 3.05) is 11.9 Å². The molecule has 1 N–H and O–H groups in total. The lowest BCUT2D eigenvalue weighted by molar-refractivity contribution is 0.466. The maximum Gasteiger partial charge on any atom is 0.152 e. The van der Waals surface area contributed by atoms with Crippen molar-refractivity contribution in [3.05, 3.63) is 24.2 Å². The van der Waals surface area contributed by atoms with E-state index in [-0.39, 0.29) is 0 Å². The summed E-state index contributed by atoms with van der Waals surface area (Å²) in [4.78, 5) is 4.46. The van der Waals surface area contributed by atoms with Crippen LogP contribution in [0.4, 0.5) is 5.82 Å². The molecular weight excluding hydrogens is 224 g/mol. The largest absolute Gasteiger partial charge is 0.368 e. The van der Waals surface area contributed by atoms with Crippen molar-refractivity contribution >= 4 is 11.3 Å². The van der Waals surface area contributed by atoms with Gasteiger partial charge in [0.1, 0.15) is 5.52 Å². The minimum absolute atomic E-state index is 0.601. The number of nitrogens with zero attached hydrogens (tertiary/aromatic N) is 3. The van der Waals surface area contributed by atoms with Gasteiger partial charge < -0.3 is 5.32 Å². The van der Waals surface area contributed by atoms with Gasteiger partial charge in [0.2, 0.25) is 0 Å². The molecule has 0 saturated heterocycles. The van der Waals surface area contributed by atoms with Gasteiger partial charge in [-0.3, -0.25) is 0 Å². The van der Waals surface area contributed by atoms with Crippen molar-refractivity contribution in [1.82, 2.24) is 14.6 Å². The lowest BCUT2D eigenvalue weighted by Gasteiger charge is -2.15. The summed E-state index contributed by atoms with van der Waals surface area (Å²) in [6.45, 7) is 3.10. The molecule has 4 rings (SSSR count). The Hall–Kier alpha value is -1.58. The predicted molar refractivity (Wildman–Crippen MR) is 70.6 cm³/mol. The first-order chi connectivity index (χ1) is 8.77. The molecule has 2 saturated carbocycles. The summed E-state index contributed by atoms with van der Waals surface area (Å²) in [5.74, 6) is 1.96. The van der Waals surface area contributed by atoms with Crippen LogP contribution in [0.3, 0.4) is 0 Å². The Kier molecular flexibility index (Phi) is 1.99. The Morgan fingerprint density at radius 1 is 1.44 bits per heavy atom. The molecule has 0 spiro atoms. The van der Waals surface area contributed by atoms with Gasteiger partial charge in [0.15, 0.2) is 5.82 Å². The zero-order valence-corrected chi connectivity index (χ0v) is 10.7. The molecule has 0 aliphatic heterocycles. The third-order valence-electron chi connectivity index (χ3n) is 4.46. The molecule has 94 valence electrons. The Bertz CT molecular complexity index is 593. The van der Waals surface area contributed by atoms with E-state index in [4.69, 9.17) is 0 Å². The molecule has 0 amide bonds. The number of nitrogens with one attached hydrogen (secondary N) is 1. The molecule has 2 aromatic rings. The van der Waals surface area contributed by atoms with E-state index in [1.807, 2.05) is 23.8 Å². The monoisotopic (exact) mass is 242 g/mol. The van der Waals surface area contributed by atoms with Crippen LogP contribution in [0.15, 0.2) is 18.5 Å². The standard InChI is InChI=1S/C14H18N4/c1-10-8-12-13(15-6-7-18(12)17-10)16-9-14(4-5-14)11-2-3-11/h6-8,11H,2-5,9H2,1H3,(H,15,16). The normalized spacial score (nSPS) is 21.2. The van der Waals surface area contributed by atoms with Gasteiger partial charge in [-0.1, -0.05) is 0 Å². The first-order valence-corrected chi connectivity index (χ1v) is 6.82. The van der Waals surface area contributed by atoms with Crippen molar-refractivity contribution in [3.63, 3.8) is 0 Å². The summed E-state index contributed by atoms with van der Waals surface area (Å²) < 4.78 is 1.90. The fourth-order valence-corrected chi connectivity index (χ4v) is 3.03. The predicted octanol–water partition coefficient (Wildman–Crippen LogP) is 2.64. The quantitative estimate of drug-likeness (QED) is 0.896. The van der Waals surface area contributed by atoms with Crippen molar-refractivity contribution in [1.29, 1.82) is 0 Å². The van der Waals surface area contributed by atoms with Crippen LogP contribution in [0.25, 0.3) is 5.52 Å².